The number of halogens is 1. The first-order valence-corrected chi connectivity index (χ1v) is 10.8. The van der Waals surface area contributed by atoms with Gasteiger partial charge in [0.1, 0.15) is 4.90 Å². The van der Waals surface area contributed by atoms with Crippen LogP contribution in [-0.4, -0.2) is 21.5 Å². The predicted molar refractivity (Wildman–Crippen MR) is 112 cm³/mol. The van der Waals surface area contributed by atoms with Gasteiger partial charge in [0.2, 0.25) is 5.76 Å². The number of esters is 1. The van der Waals surface area contributed by atoms with Crippen molar-refractivity contribution in [2.45, 2.75) is 4.90 Å². The van der Waals surface area contributed by atoms with Crippen molar-refractivity contribution in [3.63, 3.8) is 0 Å². The normalized spacial score (nSPS) is 12.1. The highest BCUT2D eigenvalue weighted by Gasteiger charge is 2.33. The van der Waals surface area contributed by atoms with Crippen LogP contribution in [0.25, 0.3) is 16.7 Å². The van der Waals surface area contributed by atoms with E-state index in [9.17, 15) is 13.2 Å². The van der Waals surface area contributed by atoms with Crippen molar-refractivity contribution in [2.24, 2.45) is 0 Å². The van der Waals surface area contributed by atoms with Crippen LogP contribution in [0.1, 0.15) is 11.1 Å². The summed E-state index contributed by atoms with van der Waals surface area (Å²) in [6.07, 6.45) is 0. The fourth-order valence-corrected chi connectivity index (χ4v) is 4.49. The summed E-state index contributed by atoms with van der Waals surface area (Å²) in [5.74, 6) is -1.24. The Hall–Kier alpha value is -2.90. The van der Waals surface area contributed by atoms with Crippen molar-refractivity contribution in [1.82, 2.24) is 0 Å². The SMILES string of the molecule is COC(=O)C(OS(=O)(=O)c1ccc(Br)cc1)=C1c2ccccc2-c2ccccc21. The molecule has 0 fully saturated rings. The topological polar surface area (TPSA) is 69.7 Å². The van der Waals surface area contributed by atoms with Crippen molar-refractivity contribution in [1.29, 1.82) is 0 Å². The maximum Gasteiger partial charge on any atom is 0.375 e. The van der Waals surface area contributed by atoms with Gasteiger partial charge in [0.15, 0.2) is 0 Å². The summed E-state index contributed by atoms with van der Waals surface area (Å²) in [6.45, 7) is 0. The van der Waals surface area contributed by atoms with E-state index in [1.54, 1.807) is 12.1 Å². The number of fused-ring (bicyclic) bond motifs is 3. The van der Waals surface area contributed by atoms with Crippen LogP contribution < -0.4 is 0 Å². The van der Waals surface area contributed by atoms with Gasteiger partial charge in [0.25, 0.3) is 0 Å². The third-order valence-corrected chi connectivity index (χ3v) is 6.34. The lowest BCUT2D eigenvalue weighted by molar-refractivity contribution is -0.138. The first-order chi connectivity index (χ1) is 13.9. The molecular weight excluding hydrogens is 456 g/mol. The summed E-state index contributed by atoms with van der Waals surface area (Å²) in [4.78, 5) is 12.5. The van der Waals surface area contributed by atoms with E-state index < -0.39 is 16.1 Å². The molecule has 0 radical (unpaired) electrons. The minimum absolute atomic E-state index is 0.0673. The molecule has 3 aromatic rings. The first kappa shape index (κ1) is 19.4. The number of carbonyl (C=O) groups is 1. The van der Waals surface area contributed by atoms with Crippen LogP contribution in [-0.2, 0) is 23.8 Å². The number of hydrogen-bond donors (Lipinski definition) is 0. The Bertz CT molecular complexity index is 1200. The molecule has 0 spiro atoms. The first-order valence-electron chi connectivity index (χ1n) is 8.64. The lowest BCUT2D eigenvalue weighted by Crippen LogP contribution is -2.16. The molecule has 0 saturated heterocycles. The summed E-state index contributed by atoms with van der Waals surface area (Å²) in [6, 6.07) is 20.9. The van der Waals surface area contributed by atoms with Crippen LogP contribution >= 0.6 is 15.9 Å². The van der Waals surface area contributed by atoms with Crippen LogP contribution in [0.3, 0.4) is 0 Å². The maximum absolute atomic E-state index is 12.9. The number of benzene rings is 3. The molecule has 0 N–H and O–H groups in total. The predicted octanol–water partition coefficient (Wildman–Crippen LogP) is 4.77. The van der Waals surface area contributed by atoms with Crippen molar-refractivity contribution >= 4 is 37.6 Å². The average Bonchev–Trinajstić information content (AvgIpc) is 3.06. The molecule has 7 heteroatoms. The van der Waals surface area contributed by atoms with E-state index in [2.05, 4.69) is 15.9 Å². The molecule has 1 aliphatic carbocycles. The van der Waals surface area contributed by atoms with Crippen LogP contribution in [0.5, 0.6) is 0 Å². The molecule has 3 aromatic carbocycles. The van der Waals surface area contributed by atoms with Crippen molar-refractivity contribution in [3.05, 3.63) is 94.2 Å². The molecule has 0 bridgehead atoms. The van der Waals surface area contributed by atoms with Crippen LogP contribution in [0.4, 0.5) is 0 Å². The minimum atomic E-state index is -4.25. The zero-order chi connectivity index (χ0) is 20.6. The Morgan fingerprint density at radius 2 is 1.28 bits per heavy atom. The number of carbonyl (C=O) groups excluding carboxylic acids is 1. The lowest BCUT2D eigenvalue weighted by atomic mass is 10.0. The van der Waals surface area contributed by atoms with Crippen molar-refractivity contribution < 1.29 is 22.1 Å². The van der Waals surface area contributed by atoms with Gasteiger partial charge in [-0.3, -0.25) is 0 Å². The molecule has 1 aliphatic rings. The molecule has 0 aliphatic heterocycles. The smallest absolute Gasteiger partial charge is 0.375 e. The van der Waals surface area contributed by atoms with Gasteiger partial charge in [-0.05, 0) is 46.5 Å². The van der Waals surface area contributed by atoms with Crippen molar-refractivity contribution in [3.8, 4) is 11.1 Å². The van der Waals surface area contributed by atoms with Crippen LogP contribution in [0.2, 0.25) is 0 Å². The zero-order valence-electron chi connectivity index (χ0n) is 15.3. The van der Waals surface area contributed by atoms with Gasteiger partial charge in [-0.1, -0.05) is 64.5 Å². The average molecular weight is 471 g/mol. The molecule has 0 aromatic heterocycles. The maximum atomic E-state index is 12.9. The van der Waals surface area contributed by atoms with E-state index in [0.29, 0.717) is 16.7 Å². The zero-order valence-corrected chi connectivity index (χ0v) is 17.7. The Balaban J connectivity index is 1.93. The minimum Gasteiger partial charge on any atom is -0.463 e. The van der Waals surface area contributed by atoms with Gasteiger partial charge in [0.05, 0.1) is 7.11 Å². The summed E-state index contributed by atoms with van der Waals surface area (Å²) in [7, 11) is -3.07. The lowest BCUT2D eigenvalue weighted by Gasteiger charge is -2.13. The standard InChI is InChI=1S/C22H15BrO5S/c1-27-22(24)21(28-29(25,26)15-12-10-14(23)11-13-15)20-18-8-4-2-6-16(18)17-7-3-5-9-19(17)20/h2-13H,1H3. The fourth-order valence-electron chi connectivity index (χ4n) is 3.29. The number of ether oxygens (including phenoxy) is 1. The van der Waals surface area contributed by atoms with Gasteiger partial charge in [-0.15, -0.1) is 0 Å². The Morgan fingerprint density at radius 1 is 0.793 bits per heavy atom. The summed E-state index contributed by atoms with van der Waals surface area (Å²) in [5, 5.41) is 0. The van der Waals surface area contributed by atoms with Gasteiger partial charge in [0, 0.05) is 10.0 Å². The largest absolute Gasteiger partial charge is 0.463 e. The van der Waals surface area contributed by atoms with E-state index in [1.165, 1.54) is 19.2 Å². The third-order valence-electron chi connectivity index (χ3n) is 4.58. The van der Waals surface area contributed by atoms with Gasteiger partial charge < -0.3 is 8.92 Å². The second-order valence-electron chi connectivity index (χ2n) is 6.28. The molecule has 146 valence electrons. The Morgan fingerprint density at radius 3 is 1.76 bits per heavy atom. The van der Waals surface area contributed by atoms with Crippen LogP contribution in [0.15, 0.2) is 87.9 Å². The molecule has 0 unspecified atom stereocenters. The molecule has 0 saturated carbocycles. The van der Waals surface area contributed by atoms with Crippen LogP contribution in [0, 0.1) is 0 Å². The molecule has 0 amide bonds. The number of methoxy groups -OCH3 is 1. The van der Waals surface area contributed by atoms with Gasteiger partial charge in [-0.2, -0.15) is 8.42 Å². The summed E-state index contributed by atoms with van der Waals surface area (Å²) in [5.41, 5.74) is 3.59. The van der Waals surface area contributed by atoms with E-state index in [1.807, 2.05) is 48.5 Å². The van der Waals surface area contributed by atoms with Gasteiger partial charge >= 0.3 is 16.1 Å². The Labute approximate surface area is 176 Å². The molecular formula is C22H15BrO5S. The fraction of sp³-hybridized carbons (Fsp3) is 0.0455. The molecule has 0 atom stereocenters. The van der Waals surface area contributed by atoms with E-state index in [4.69, 9.17) is 8.92 Å². The van der Waals surface area contributed by atoms with Crippen molar-refractivity contribution in [2.75, 3.05) is 7.11 Å². The number of rotatable bonds is 4. The molecule has 4 rings (SSSR count). The molecule has 29 heavy (non-hydrogen) atoms. The third kappa shape index (κ3) is 3.47. The number of hydrogen-bond acceptors (Lipinski definition) is 5. The van der Waals surface area contributed by atoms with E-state index in [0.717, 1.165) is 15.6 Å². The highest BCUT2D eigenvalue weighted by molar-refractivity contribution is 9.10. The monoisotopic (exact) mass is 470 g/mol. The van der Waals surface area contributed by atoms with E-state index >= 15 is 0 Å². The molecule has 5 nitrogen and oxygen atoms in total. The second kappa shape index (κ2) is 7.50. The summed E-state index contributed by atoms with van der Waals surface area (Å²) >= 11 is 3.27. The summed E-state index contributed by atoms with van der Waals surface area (Å²) < 4.78 is 36.7. The quantitative estimate of drug-likeness (QED) is 0.186. The Kier molecular flexibility index (Phi) is 5.02. The highest BCUT2D eigenvalue weighted by Crippen LogP contribution is 2.46. The molecule has 0 heterocycles. The van der Waals surface area contributed by atoms with Gasteiger partial charge in [-0.25, -0.2) is 4.79 Å². The second-order valence-corrected chi connectivity index (χ2v) is 8.74. The van der Waals surface area contributed by atoms with E-state index in [-0.39, 0.29) is 10.7 Å². The highest BCUT2D eigenvalue weighted by atomic mass is 79.9.